The normalized spacial score (nSPS) is 48.5. The van der Waals surface area contributed by atoms with Gasteiger partial charge in [0.15, 0.2) is 0 Å². The Morgan fingerprint density at radius 1 is 1.64 bits per heavy atom. The van der Waals surface area contributed by atoms with Crippen LogP contribution in [0.4, 0.5) is 0 Å². The van der Waals surface area contributed by atoms with Gasteiger partial charge in [-0.2, -0.15) is 5.26 Å². The van der Waals surface area contributed by atoms with Crippen LogP contribution in [-0.2, 0) is 0 Å². The summed E-state index contributed by atoms with van der Waals surface area (Å²) in [7, 11) is 2.05. The number of aliphatic hydroxyl groups is 1. The molecule has 60 valence electrons. The van der Waals surface area contributed by atoms with E-state index >= 15 is 0 Å². The first kappa shape index (κ1) is 7.08. The monoisotopic (exact) mass is 152 g/mol. The van der Waals surface area contributed by atoms with Gasteiger partial charge in [0.05, 0.1) is 18.1 Å². The van der Waals surface area contributed by atoms with Gasteiger partial charge in [0, 0.05) is 24.9 Å². The predicted octanol–water partition coefficient (Wildman–Crippen LogP) is -0.177. The fourth-order valence-corrected chi connectivity index (χ4v) is 2.29. The van der Waals surface area contributed by atoms with Crippen molar-refractivity contribution < 1.29 is 5.11 Å². The van der Waals surface area contributed by atoms with Crippen LogP contribution in [0.5, 0.6) is 0 Å². The highest BCUT2D eigenvalue weighted by molar-refractivity contribution is 5.19. The molecule has 3 nitrogen and oxygen atoms in total. The number of likely N-dealkylation sites (tertiary alicyclic amines) is 1. The van der Waals surface area contributed by atoms with Crippen molar-refractivity contribution in [3.05, 3.63) is 0 Å². The summed E-state index contributed by atoms with van der Waals surface area (Å²) in [4.78, 5) is 2.21. The summed E-state index contributed by atoms with van der Waals surface area (Å²) in [5.74, 6) is 0.763. The van der Waals surface area contributed by atoms with E-state index in [0.717, 1.165) is 13.1 Å². The number of rotatable bonds is 1. The Morgan fingerprint density at radius 2 is 2.18 bits per heavy atom. The molecule has 1 saturated heterocycles. The molecule has 0 aromatic heterocycles. The third kappa shape index (κ3) is 0.800. The number of nitriles is 1. The first-order valence-corrected chi connectivity index (χ1v) is 3.96. The third-order valence-corrected chi connectivity index (χ3v) is 3.04. The van der Waals surface area contributed by atoms with Crippen LogP contribution < -0.4 is 0 Å². The van der Waals surface area contributed by atoms with E-state index in [2.05, 4.69) is 11.9 Å². The zero-order chi connectivity index (χ0) is 8.06. The Bertz CT molecular complexity index is 209. The highest BCUT2D eigenvalue weighted by atomic mass is 16.3. The minimum absolute atomic E-state index is 0.316. The van der Waals surface area contributed by atoms with Crippen LogP contribution in [0.3, 0.4) is 0 Å². The van der Waals surface area contributed by atoms with E-state index in [9.17, 15) is 5.11 Å². The van der Waals surface area contributed by atoms with Gasteiger partial charge >= 0.3 is 0 Å². The van der Waals surface area contributed by atoms with Crippen LogP contribution in [0.2, 0.25) is 0 Å². The molecule has 3 heteroatoms. The molecule has 1 heterocycles. The molecule has 0 aromatic carbocycles. The maximum atomic E-state index is 9.78. The van der Waals surface area contributed by atoms with Crippen molar-refractivity contribution in [1.82, 2.24) is 4.90 Å². The lowest BCUT2D eigenvalue weighted by molar-refractivity contribution is 0.0947. The molecule has 0 unspecified atom stereocenters. The number of hydrogen-bond donors (Lipinski definition) is 1. The zero-order valence-corrected chi connectivity index (χ0v) is 6.62. The summed E-state index contributed by atoms with van der Waals surface area (Å²) in [6.07, 6.45) is 0.316. The van der Waals surface area contributed by atoms with Crippen molar-refractivity contribution in [3.8, 4) is 6.07 Å². The van der Waals surface area contributed by atoms with Gasteiger partial charge in [-0.05, 0) is 7.05 Å². The molecule has 2 rings (SSSR count). The number of piperidine rings is 1. The molecule has 0 amide bonds. The molecule has 1 aliphatic heterocycles. The summed E-state index contributed by atoms with van der Waals surface area (Å²) in [6, 6.07) is 2.05. The fourth-order valence-electron chi connectivity index (χ4n) is 2.29. The first-order valence-electron chi connectivity index (χ1n) is 3.96. The maximum Gasteiger partial charge on any atom is 0.0865 e. The third-order valence-electron chi connectivity index (χ3n) is 3.04. The quantitative estimate of drug-likeness (QED) is 0.567. The second-order valence-electron chi connectivity index (χ2n) is 3.76. The van der Waals surface area contributed by atoms with E-state index < -0.39 is 5.60 Å². The first-order chi connectivity index (χ1) is 5.18. The van der Waals surface area contributed by atoms with E-state index in [4.69, 9.17) is 5.26 Å². The van der Waals surface area contributed by atoms with Crippen LogP contribution in [-0.4, -0.2) is 35.7 Å². The maximum absolute atomic E-state index is 9.78. The molecule has 1 saturated carbocycles. The number of hydrogen-bond acceptors (Lipinski definition) is 3. The standard InChI is InChI=1S/C8H12N2O/c1-10-4-6-7(5-10)8(6,11)2-3-9/h6-7,11H,2,4-5H2,1H3/t6-,7+,8-. The minimum atomic E-state index is -0.610. The summed E-state index contributed by atoms with van der Waals surface area (Å²) in [6.45, 7) is 1.92. The molecule has 2 fully saturated rings. The van der Waals surface area contributed by atoms with Crippen LogP contribution in [0, 0.1) is 23.2 Å². The van der Waals surface area contributed by atoms with Gasteiger partial charge in [-0.1, -0.05) is 0 Å². The molecule has 1 N–H and O–H groups in total. The van der Waals surface area contributed by atoms with E-state index in [0.29, 0.717) is 18.3 Å². The van der Waals surface area contributed by atoms with Crippen molar-refractivity contribution in [2.45, 2.75) is 12.0 Å². The molecule has 0 spiro atoms. The second-order valence-corrected chi connectivity index (χ2v) is 3.76. The summed E-state index contributed by atoms with van der Waals surface area (Å²) in [5.41, 5.74) is -0.610. The average molecular weight is 152 g/mol. The Labute approximate surface area is 66.2 Å². The van der Waals surface area contributed by atoms with Crippen molar-refractivity contribution in [2.24, 2.45) is 11.8 Å². The van der Waals surface area contributed by atoms with E-state index in [1.165, 1.54) is 0 Å². The molecule has 0 aromatic rings. The summed E-state index contributed by atoms with van der Waals surface area (Å²) < 4.78 is 0. The summed E-state index contributed by atoms with van der Waals surface area (Å²) >= 11 is 0. The number of nitrogens with zero attached hydrogens (tertiary/aromatic N) is 2. The van der Waals surface area contributed by atoms with Gasteiger partial charge in [0.1, 0.15) is 0 Å². The highest BCUT2D eigenvalue weighted by Crippen LogP contribution is 2.56. The lowest BCUT2D eigenvalue weighted by Gasteiger charge is -2.16. The molecule has 1 aliphatic carbocycles. The SMILES string of the molecule is CN1C[C@@H]2[C@H](C1)[C@@]2(O)CC#N. The highest BCUT2D eigenvalue weighted by Gasteiger charge is 2.66. The van der Waals surface area contributed by atoms with Gasteiger partial charge in [0.2, 0.25) is 0 Å². The number of fused-ring (bicyclic) bond motifs is 1. The molecule has 2 aliphatic rings. The van der Waals surface area contributed by atoms with Crippen LogP contribution in [0.25, 0.3) is 0 Å². The average Bonchev–Trinajstić information content (AvgIpc) is 2.39. The van der Waals surface area contributed by atoms with Crippen molar-refractivity contribution in [1.29, 1.82) is 5.26 Å². The van der Waals surface area contributed by atoms with Crippen LogP contribution in [0.1, 0.15) is 6.42 Å². The van der Waals surface area contributed by atoms with Crippen molar-refractivity contribution in [2.75, 3.05) is 20.1 Å². The molecule has 11 heavy (non-hydrogen) atoms. The Hall–Kier alpha value is -0.590. The molecular formula is C8H12N2O. The molecule has 0 bridgehead atoms. The van der Waals surface area contributed by atoms with Crippen LogP contribution in [0.15, 0.2) is 0 Å². The minimum Gasteiger partial charge on any atom is -0.388 e. The zero-order valence-electron chi connectivity index (χ0n) is 6.62. The van der Waals surface area contributed by atoms with E-state index in [1.54, 1.807) is 0 Å². The predicted molar refractivity (Wildman–Crippen MR) is 39.7 cm³/mol. The van der Waals surface area contributed by atoms with Crippen molar-refractivity contribution in [3.63, 3.8) is 0 Å². The van der Waals surface area contributed by atoms with Gasteiger partial charge in [-0.25, -0.2) is 0 Å². The molecule has 0 radical (unpaired) electrons. The van der Waals surface area contributed by atoms with Crippen molar-refractivity contribution >= 4 is 0 Å². The Morgan fingerprint density at radius 3 is 2.64 bits per heavy atom. The molecule has 3 atom stereocenters. The summed E-state index contributed by atoms with van der Waals surface area (Å²) in [5, 5.41) is 18.2. The molecular weight excluding hydrogens is 140 g/mol. The topological polar surface area (TPSA) is 47.3 Å². The lowest BCUT2D eigenvalue weighted by Crippen LogP contribution is -2.28. The van der Waals surface area contributed by atoms with Crippen LogP contribution >= 0.6 is 0 Å². The van der Waals surface area contributed by atoms with Gasteiger partial charge < -0.3 is 10.0 Å². The van der Waals surface area contributed by atoms with Gasteiger partial charge in [-0.15, -0.1) is 0 Å². The smallest absolute Gasteiger partial charge is 0.0865 e. The van der Waals surface area contributed by atoms with E-state index in [1.807, 2.05) is 6.07 Å². The Balaban J connectivity index is 2.01. The fraction of sp³-hybridized carbons (Fsp3) is 0.875. The largest absolute Gasteiger partial charge is 0.388 e. The van der Waals surface area contributed by atoms with Gasteiger partial charge in [-0.3, -0.25) is 0 Å². The van der Waals surface area contributed by atoms with Gasteiger partial charge in [0.25, 0.3) is 0 Å². The second kappa shape index (κ2) is 1.96. The Kier molecular flexibility index (Phi) is 1.26. The lowest BCUT2D eigenvalue weighted by atomic mass is 10.1. The van der Waals surface area contributed by atoms with E-state index in [-0.39, 0.29) is 0 Å².